The third-order valence-corrected chi connectivity index (χ3v) is 5.79. The van der Waals surface area contributed by atoms with Crippen molar-refractivity contribution in [3.8, 4) is 5.75 Å². The molecule has 0 radical (unpaired) electrons. The minimum absolute atomic E-state index is 0.0388. The standard InChI is InChI=1S/C21H31NO3/c1-20(2,3)25-19(24)22-18-15-8-6-5-7-11-21(18,4)17-13-16(23)10-9-14(17)12-15/h9-10,13,15,18,23H,5-8,11-12H2,1-4H3,(H,22,24)/t15-,18-,21+/m0/s1. The number of carbonyl (C=O) groups excluding carboxylic acids is 1. The second-order valence-corrected chi connectivity index (χ2v) is 8.95. The number of benzene rings is 1. The predicted octanol–water partition coefficient (Wildman–Crippen LogP) is 4.68. The first-order chi connectivity index (χ1) is 11.7. The van der Waals surface area contributed by atoms with Gasteiger partial charge in [-0.05, 0) is 69.2 Å². The lowest BCUT2D eigenvalue weighted by Gasteiger charge is -2.49. The molecule has 1 fully saturated rings. The van der Waals surface area contributed by atoms with Gasteiger partial charge in [-0.2, -0.15) is 0 Å². The second kappa shape index (κ2) is 6.54. The van der Waals surface area contributed by atoms with Gasteiger partial charge in [0, 0.05) is 11.5 Å². The van der Waals surface area contributed by atoms with E-state index in [1.807, 2.05) is 26.8 Å². The lowest BCUT2D eigenvalue weighted by Crippen LogP contribution is -2.57. The quantitative estimate of drug-likeness (QED) is 0.777. The number of nitrogens with one attached hydrogen (secondary N) is 1. The van der Waals surface area contributed by atoms with Gasteiger partial charge in [-0.1, -0.05) is 32.3 Å². The number of amides is 1. The van der Waals surface area contributed by atoms with Gasteiger partial charge in [0.15, 0.2) is 0 Å². The smallest absolute Gasteiger partial charge is 0.407 e. The monoisotopic (exact) mass is 345 g/mol. The summed E-state index contributed by atoms with van der Waals surface area (Å²) in [6, 6.07) is 5.78. The largest absolute Gasteiger partial charge is 0.508 e. The summed E-state index contributed by atoms with van der Waals surface area (Å²) in [6.45, 7) is 7.91. The Morgan fingerprint density at radius 2 is 2.04 bits per heavy atom. The molecule has 2 bridgehead atoms. The Morgan fingerprint density at radius 3 is 2.76 bits per heavy atom. The van der Waals surface area contributed by atoms with E-state index in [1.54, 1.807) is 6.07 Å². The molecule has 4 heteroatoms. The maximum Gasteiger partial charge on any atom is 0.407 e. The Bertz CT molecular complexity index is 649. The maximum atomic E-state index is 12.5. The molecule has 3 rings (SSSR count). The Hall–Kier alpha value is -1.71. The number of phenolic OH excluding ortho intramolecular Hbond substituents is 1. The van der Waals surface area contributed by atoms with Crippen LogP contribution in [0.3, 0.4) is 0 Å². The van der Waals surface area contributed by atoms with Crippen LogP contribution in [0.25, 0.3) is 0 Å². The first kappa shape index (κ1) is 18.1. The van der Waals surface area contributed by atoms with Gasteiger partial charge in [0.2, 0.25) is 0 Å². The molecule has 0 heterocycles. The topological polar surface area (TPSA) is 58.6 Å². The Labute approximate surface area is 151 Å². The van der Waals surface area contributed by atoms with Gasteiger partial charge in [0.05, 0.1) is 0 Å². The summed E-state index contributed by atoms with van der Waals surface area (Å²) in [5.41, 5.74) is 1.83. The van der Waals surface area contributed by atoms with Crippen LogP contribution in [0.1, 0.15) is 70.9 Å². The van der Waals surface area contributed by atoms with Crippen LogP contribution in [0.5, 0.6) is 5.75 Å². The molecule has 0 aromatic heterocycles. The number of rotatable bonds is 1. The SMILES string of the molecule is CC(C)(C)OC(=O)N[C@H]1[C@H]2CCCCC[C@]1(C)c1cc(O)ccc1C2. The number of aromatic hydroxyl groups is 1. The fourth-order valence-electron chi connectivity index (χ4n) is 4.71. The average molecular weight is 345 g/mol. The van der Waals surface area contributed by atoms with Crippen LogP contribution in [0.2, 0.25) is 0 Å². The van der Waals surface area contributed by atoms with E-state index in [1.165, 1.54) is 24.0 Å². The van der Waals surface area contributed by atoms with Crippen LogP contribution in [0.15, 0.2) is 18.2 Å². The van der Waals surface area contributed by atoms with E-state index < -0.39 is 5.60 Å². The molecule has 3 atom stereocenters. The van der Waals surface area contributed by atoms with Crippen molar-refractivity contribution >= 4 is 6.09 Å². The Balaban J connectivity index is 1.96. The van der Waals surface area contributed by atoms with Gasteiger partial charge in [0.25, 0.3) is 0 Å². The highest BCUT2D eigenvalue weighted by atomic mass is 16.6. The molecule has 1 amide bonds. The van der Waals surface area contributed by atoms with Gasteiger partial charge in [-0.3, -0.25) is 0 Å². The minimum Gasteiger partial charge on any atom is -0.508 e. The fraction of sp³-hybridized carbons (Fsp3) is 0.667. The molecule has 1 saturated carbocycles. The Kier molecular flexibility index (Phi) is 4.74. The normalized spacial score (nSPS) is 29.1. The zero-order valence-electron chi connectivity index (χ0n) is 15.9. The maximum absolute atomic E-state index is 12.5. The zero-order chi connectivity index (χ0) is 18.2. The molecule has 25 heavy (non-hydrogen) atoms. The molecule has 0 spiro atoms. The third-order valence-electron chi connectivity index (χ3n) is 5.79. The van der Waals surface area contributed by atoms with Crippen LogP contribution < -0.4 is 5.32 Å². The molecule has 2 aliphatic rings. The van der Waals surface area contributed by atoms with Crippen LogP contribution in [-0.2, 0) is 16.6 Å². The summed E-state index contributed by atoms with van der Waals surface area (Å²) in [7, 11) is 0. The van der Waals surface area contributed by atoms with Crippen molar-refractivity contribution in [2.75, 3.05) is 0 Å². The molecule has 0 unspecified atom stereocenters. The van der Waals surface area contributed by atoms with Crippen molar-refractivity contribution in [2.24, 2.45) is 5.92 Å². The van der Waals surface area contributed by atoms with Crippen molar-refractivity contribution in [3.63, 3.8) is 0 Å². The Morgan fingerprint density at radius 1 is 1.28 bits per heavy atom. The van der Waals surface area contributed by atoms with Gasteiger partial charge in [-0.15, -0.1) is 0 Å². The number of carbonyl (C=O) groups is 1. The van der Waals surface area contributed by atoms with Crippen molar-refractivity contribution in [1.82, 2.24) is 5.32 Å². The van der Waals surface area contributed by atoms with Crippen LogP contribution in [0, 0.1) is 5.92 Å². The molecule has 4 nitrogen and oxygen atoms in total. The van der Waals surface area contributed by atoms with Crippen molar-refractivity contribution in [3.05, 3.63) is 29.3 Å². The molecular formula is C21H31NO3. The van der Waals surface area contributed by atoms with E-state index in [0.717, 1.165) is 25.7 Å². The zero-order valence-corrected chi connectivity index (χ0v) is 15.9. The van der Waals surface area contributed by atoms with E-state index in [4.69, 9.17) is 4.74 Å². The van der Waals surface area contributed by atoms with Crippen LogP contribution in [-0.4, -0.2) is 22.8 Å². The highest BCUT2D eigenvalue weighted by Crippen LogP contribution is 2.47. The number of phenols is 1. The summed E-state index contributed by atoms with van der Waals surface area (Å²) >= 11 is 0. The number of alkyl carbamates (subject to hydrolysis) is 1. The predicted molar refractivity (Wildman–Crippen MR) is 98.9 cm³/mol. The fourth-order valence-corrected chi connectivity index (χ4v) is 4.71. The first-order valence-corrected chi connectivity index (χ1v) is 9.51. The average Bonchev–Trinajstić information content (AvgIpc) is 2.49. The van der Waals surface area contributed by atoms with Crippen LogP contribution >= 0.6 is 0 Å². The number of hydrogen-bond acceptors (Lipinski definition) is 3. The molecule has 0 saturated heterocycles. The molecular weight excluding hydrogens is 314 g/mol. The van der Waals surface area contributed by atoms with Gasteiger partial charge in [0.1, 0.15) is 11.4 Å². The van der Waals surface area contributed by atoms with E-state index in [9.17, 15) is 9.90 Å². The van der Waals surface area contributed by atoms with Crippen molar-refractivity contribution in [1.29, 1.82) is 0 Å². The molecule has 0 aliphatic heterocycles. The number of fused-ring (bicyclic) bond motifs is 4. The van der Waals surface area contributed by atoms with Gasteiger partial charge < -0.3 is 15.2 Å². The van der Waals surface area contributed by atoms with Gasteiger partial charge >= 0.3 is 6.09 Å². The summed E-state index contributed by atoms with van der Waals surface area (Å²) in [4.78, 5) is 12.5. The highest BCUT2D eigenvalue weighted by molar-refractivity contribution is 5.69. The summed E-state index contributed by atoms with van der Waals surface area (Å²) in [5.74, 6) is 0.714. The number of hydrogen-bond donors (Lipinski definition) is 2. The summed E-state index contributed by atoms with van der Waals surface area (Å²) < 4.78 is 5.54. The van der Waals surface area contributed by atoms with E-state index in [2.05, 4.69) is 18.3 Å². The highest BCUT2D eigenvalue weighted by Gasteiger charge is 2.47. The summed E-state index contributed by atoms with van der Waals surface area (Å²) in [5, 5.41) is 13.2. The molecule has 1 aromatic rings. The van der Waals surface area contributed by atoms with E-state index >= 15 is 0 Å². The third kappa shape index (κ3) is 3.78. The second-order valence-electron chi connectivity index (χ2n) is 8.95. The molecule has 2 N–H and O–H groups in total. The van der Waals surface area contributed by atoms with Crippen molar-refractivity contribution in [2.45, 2.75) is 83.3 Å². The van der Waals surface area contributed by atoms with E-state index in [0.29, 0.717) is 11.7 Å². The number of ether oxygens (including phenoxy) is 1. The van der Waals surface area contributed by atoms with Crippen LogP contribution in [0.4, 0.5) is 4.79 Å². The molecule has 2 aliphatic carbocycles. The first-order valence-electron chi connectivity index (χ1n) is 9.51. The lowest BCUT2D eigenvalue weighted by molar-refractivity contribution is 0.0417. The van der Waals surface area contributed by atoms with Crippen molar-refractivity contribution < 1.29 is 14.6 Å². The van der Waals surface area contributed by atoms with E-state index in [-0.39, 0.29) is 17.6 Å². The minimum atomic E-state index is -0.502. The molecule has 138 valence electrons. The summed E-state index contributed by atoms with van der Waals surface area (Å²) in [6.07, 6.45) is 6.34. The molecule has 1 aromatic carbocycles. The lowest BCUT2D eigenvalue weighted by atomic mass is 9.59. The van der Waals surface area contributed by atoms with Gasteiger partial charge in [-0.25, -0.2) is 4.79 Å².